The third-order valence-corrected chi connectivity index (χ3v) is 5.24. The lowest BCUT2D eigenvalue weighted by atomic mass is 10.0. The number of benzene rings is 1. The molecule has 0 saturated carbocycles. The molecule has 1 atom stereocenters. The van der Waals surface area contributed by atoms with Gasteiger partial charge in [-0.2, -0.15) is 0 Å². The Morgan fingerprint density at radius 1 is 1.05 bits per heavy atom. The second-order valence-corrected chi connectivity index (χ2v) is 8.46. The molecule has 0 radical (unpaired) electrons. The summed E-state index contributed by atoms with van der Waals surface area (Å²) in [5.41, 5.74) is 0.379. The summed E-state index contributed by atoms with van der Waals surface area (Å²) in [5.74, 6) is -1.22. The number of carbonyl (C=O) groups is 1. The van der Waals surface area contributed by atoms with Crippen molar-refractivity contribution < 1.29 is 26.4 Å². The molecular formula is C12H16O6S2. The van der Waals surface area contributed by atoms with Gasteiger partial charge in [-0.3, -0.25) is 4.79 Å². The molecule has 0 bridgehead atoms. The van der Waals surface area contributed by atoms with Crippen LogP contribution in [-0.2, 0) is 29.2 Å². The molecule has 112 valence electrons. The van der Waals surface area contributed by atoms with E-state index < -0.39 is 31.6 Å². The minimum absolute atomic E-state index is 0.277. The Hall–Kier alpha value is -1.41. The average molecular weight is 320 g/mol. The lowest BCUT2D eigenvalue weighted by Crippen LogP contribution is -2.13. The van der Waals surface area contributed by atoms with Gasteiger partial charge in [-0.15, -0.1) is 0 Å². The summed E-state index contributed by atoms with van der Waals surface area (Å²) >= 11 is 0. The van der Waals surface area contributed by atoms with Gasteiger partial charge in [0, 0.05) is 12.5 Å². The SMILES string of the molecule is COC(=O)C(C)c1ccc(S(C)(=O)=O)c(S(C)(=O)=O)c1. The van der Waals surface area contributed by atoms with Crippen molar-refractivity contribution >= 4 is 25.6 Å². The maximum Gasteiger partial charge on any atom is 0.312 e. The number of hydrogen-bond acceptors (Lipinski definition) is 6. The standard InChI is InChI=1S/C12H16O6S2/c1-8(12(13)18-2)9-5-6-10(19(3,14)15)11(7-9)20(4,16)17/h5-8H,1-4H3. The molecule has 0 amide bonds. The smallest absolute Gasteiger partial charge is 0.312 e. The molecule has 0 fully saturated rings. The molecule has 0 aromatic heterocycles. The number of esters is 1. The number of sulfone groups is 2. The molecule has 1 rings (SSSR count). The van der Waals surface area contributed by atoms with Crippen LogP contribution in [0.3, 0.4) is 0 Å². The highest BCUT2D eigenvalue weighted by atomic mass is 32.2. The molecule has 0 spiro atoms. The van der Waals surface area contributed by atoms with Crippen molar-refractivity contribution in [3.05, 3.63) is 23.8 Å². The predicted molar refractivity (Wildman–Crippen MR) is 73.1 cm³/mol. The van der Waals surface area contributed by atoms with E-state index in [1.165, 1.54) is 25.3 Å². The molecular weight excluding hydrogens is 304 g/mol. The minimum atomic E-state index is -3.74. The molecule has 20 heavy (non-hydrogen) atoms. The zero-order valence-corrected chi connectivity index (χ0v) is 13.2. The fourth-order valence-electron chi connectivity index (χ4n) is 1.70. The van der Waals surface area contributed by atoms with Crippen molar-refractivity contribution in [1.82, 2.24) is 0 Å². The van der Waals surface area contributed by atoms with E-state index in [0.717, 1.165) is 12.5 Å². The summed E-state index contributed by atoms with van der Waals surface area (Å²) in [6.07, 6.45) is 1.85. The number of ether oxygens (including phenoxy) is 1. The van der Waals surface area contributed by atoms with Gasteiger partial charge in [-0.25, -0.2) is 16.8 Å². The van der Waals surface area contributed by atoms with Crippen LogP contribution < -0.4 is 0 Å². The van der Waals surface area contributed by atoms with Crippen LogP contribution in [-0.4, -0.2) is 42.4 Å². The third-order valence-electron chi connectivity index (χ3n) is 2.82. The van der Waals surface area contributed by atoms with Gasteiger partial charge in [-0.05, 0) is 24.6 Å². The van der Waals surface area contributed by atoms with Gasteiger partial charge in [0.2, 0.25) is 0 Å². The maximum absolute atomic E-state index is 11.7. The molecule has 1 aromatic carbocycles. The van der Waals surface area contributed by atoms with Crippen LogP contribution >= 0.6 is 0 Å². The molecule has 8 heteroatoms. The Morgan fingerprint density at radius 2 is 1.55 bits per heavy atom. The van der Waals surface area contributed by atoms with Gasteiger partial charge in [0.25, 0.3) is 0 Å². The molecule has 0 heterocycles. The topological polar surface area (TPSA) is 94.6 Å². The highest BCUT2D eigenvalue weighted by molar-refractivity contribution is 7.93. The quantitative estimate of drug-likeness (QED) is 0.761. The van der Waals surface area contributed by atoms with Gasteiger partial charge in [0.15, 0.2) is 19.7 Å². The Bertz CT molecular complexity index is 731. The Labute approximate surface area is 118 Å². The van der Waals surface area contributed by atoms with Gasteiger partial charge in [-0.1, -0.05) is 6.07 Å². The highest BCUT2D eigenvalue weighted by Gasteiger charge is 2.24. The first-order valence-corrected chi connectivity index (χ1v) is 9.38. The van der Waals surface area contributed by atoms with Crippen molar-refractivity contribution in [2.75, 3.05) is 19.6 Å². The number of carbonyl (C=O) groups excluding carboxylic acids is 1. The van der Waals surface area contributed by atoms with E-state index in [4.69, 9.17) is 0 Å². The minimum Gasteiger partial charge on any atom is -0.469 e. The molecule has 1 unspecified atom stereocenters. The van der Waals surface area contributed by atoms with E-state index in [9.17, 15) is 21.6 Å². The van der Waals surface area contributed by atoms with Crippen molar-refractivity contribution in [3.8, 4) is 0 Å². The zero-order valence-electron chi connectivity index (χ0n) is 11.6. The van der Waals surface area contributed by atoms with E-state index >= 15 is 0 Å². The lowest BCUT2D eigenvalue weighted by Gasteiger charge is -2.13. The molecule has 0 aliphatic carbocycles. The van der Waals surface area contributed by atoms with Crippen molar-refractivity contribution in [2.24, 2.45) is 0 Å². The molecule has 0 aliphatic rings. The number of rotatable bonds is 4. The summed E-state index contributed by atoms with van der Waals surface area (Å²) in [5, 5.41) is 0. The fraction of sp³-hybridized carbons (Fsp3) is 0.417. The van der Waals surface area contributed by atoms with E-state index in [2.05, 4.69) is 4.74 Å². The van der Waals surface area contributed by atoms with Crippen molar-refractivity contribution in [1.29, 1.82) is 0 Å². The summed E-state index contributed by atoms with van der Waals surface area (Å²) in [6.45, 7) is 1.55. The lowest BCUT2D eigenvalue weighted by molar-refractivity contribution is -0.142. The van der Waals surface area contributed by atoms with Crippen LogP contribution in [0.1, 0.15) is 18.4 Å². The molecule has 0 aliphatic heterocycles. The fourth-order valence-corrected chi connectivity index (χ4v) is 4.13. The van der Waals surface area contributed by atoms with Gasteiger partial charge < -0.3 is 4.74 Å². The molecule has 0 N–H and O–H groups in total. The summed E-state index contributed by atoms with van der Waals surface area (Å²) in [4.78, 5) is 10.9. The van der Waals surface area contributed by atoms with Crippen LogP contribution in [0.4, 0.5) is 0 Å². The second kappa shape index (κ2) is 5.53. The first-order valence-electron chi connectivity index (χ1n) is 5.60. The largest absolute Gasteiger partial charge is 0.469 e. The Morgan fingerprint density at radius 3 is 1.95 bits per heavy atom. The van der Waals surface area contributed by atoms with Crippen LogP contribution in [0.25, 0.3) is 0 Å². The van der Waals surface area contributed by atoms with Crippen LogP contribution in [0, 0.1) is 0 Å². The summed E-state index contributed by atoms with van der Waals surface area (Å²) in [7, 11) is -6.19. The van der Waals surface area contributed by atoms with Crippen molar-refractivity contribution in [2.45, 2.75) is 22.6 Å². The number of methoxy groups -OCH3 is 1. The van der Waals surface area contributed by atoms with E-state index in [-0.39, 0.29) is 9.79 Å². The molecule has 0 saturated heterocycles. The molecule has 1 aromatic rings. The second-order valence-electron chi connectivity index (χ2n) is 4.50. The zero-order chi connectivity index (χ0) is 15.7. The van der Waals surface area contributed by atoms with Crippen LogP contribution in [0.5, 0.6) is 0 Å². The third kappa shape index (κ3) is 3.57. The summed E-state index contributed by atoms with van der Waals surface area (Å²) in [6, 6.07) is 3.81. The normalized spacial score (nSPS) is 13.8. The van der Waals surface area contributed by atoms with Crippen molar-refractivity contribution in [3.63, 3.8) is 0 Å². The highest BCUT2D eigenvalue weighted by Crippen LogP contribution is 2.26. The van der Waals surface area contributed by atoms with Gasteiger partial charge in [0.1, 0.15) is 0 Å². The maximum atomic E-state index is 11.7. The average Bonchev–Trinajstić information content (AvgIpc) is 2.34. The van der Waals surface area contributed by atoms with Crippen LogP contribution in [0.15, 0.2) is 28.0 Å². The molecule has 6 nitrogen and oxygen atoms in total. The van der Waals surface area contributed by atoms with Gasteiger partial charge >= 0.3 is 5.97 Å². The first kappa shape index (κ1) is 16.6. The number of hydrogen-bond donors (Lipinski definition) is 0. The Balaban J connectivity index is 3.56. The monoisotopic (exact) mass is 320 g/mol. The van der Waals surface area contributed by atoms with Gasteiger partial charge in [0.05, 0.1) is 22.8 Å². The van der Waals surface area contributed by atoms with E-state index in [1.54, 1.807) is 6.92 Å². The summed E-state index contributed by atoms with van der Waals surface area (Å²) < 4.78 is 51.3. The predicted octanol–water partition coefficient (Wildman–Crippen LogP) is 0.770. The van der Waals surface area contributed by atoms with E-state index in [1.807, 2.05) is 0 Å². The first-order chi connectivity index (χ1) is 8.98. The van der Waals surface area contributed by atoms with E-state index in [0.29, 0.717) is 5.56 Å². The Kier molecular flexibility index (Phi) is 4.60. The van der Waals surface area contributed by atoms with Crippen LogP contribution in [0.2, 0.25) is 0 Å².